The summed E-state index contributed by atoms with van der Waals surface area (Å²) >= 11 is 0. The average Bonchev–Trinajstić information content (AvgIpc) is 3.09. The van der Waals surface area contributed by atoms with Gasteiger partial charge in [-0.25, -0.2) is 9.67 Å². The van der Waals surface area contributed by atoms with E-state index in [1.54, 1.807) is 11.0 Å². The summed E-state index contributed by atoms with van der Waals surface area (Å²) in [6, 6.07) is 7.58. The van der Waals surface area contributed by atoms with Crippen molar-refractivity contribution >= 4 is 5.91 Å². The molecule has 1 aliphatic heterocycles. The molecular weight excluding hydrogens is 278 g/mol. The molecule has 1 saturated heterocycles. The van der Waals surface area contributed by atoms with E-state index < -0.39 is 0 Å². The highest BCUT2D eigenvalue weighted by molar-refractivity contribution is 5.94. The summed E-state index contributed by atoms with van der Waals surface area (Å²) in [7, 11) is 0. The third kappa shape index (κ3) is 2.87. The Labute approximate surface area is 129 Å². The zero-order chi connectivity index (χ0) is 15.5. The van der Waals surface area contributed by atoms with Gasteiger partial charge in [0.1, 0.15) is 12.7 Å². The van der Waals surface area contributed by atoms with E-state index in [9.17, 15) is 4.79 Å². The molecule has 2 N–H and O–H groups in total. The van der Waals surface area contributed by atoms with Crippen LogP contribution in [0.2, 0.25) is 0 Å². The Balaban J connectivity index is 1.79. The molecule has 1 aliphatic rings. The zero-order valence-electron chi connectivity index (χ0n) is 12.7. The maximum Gasteiger partial charge on any atom is 0.254 e. The van der Waals surface area contributed by atoms with Crippen molar-refractivity contribution in [2.45, 2.75) is 38.3 Å². The van der Waals surface area contributed by atoms with Gasteiger partial charge < -0.3 is 10.6 Å². The first kappa shape index (κ1) is 14.7. The molecule has 0 saturated carbocycles. The first-order valence-electron chi connectivity index (χ1n) is 7.68. The summed E-state index contributed by atoms with van der Waals surface area (Å²) < 4.78 is 1.67. The van der Waals surface area contributed by atoms with Crippen LogP contribution in [0.5, 0.6) is 0 Å². The first-order valence-corrected chi connectivity index (χ1v) is 7.68. The summed E-state index contributed by atoms with van der Waals surface area (Å²) in [6.07, 6.45) is 6.29. The first-order chi connectivity index (χ1) is 10.7. The number of hydrogen-bond acceptors (Lipinski definition) is 4. The van der Waals surface area contributed by atoms with Crippen LogP contribution in [0.15, 0.2) is 36.9 Å². The number of nitrogens with two attached hydrogens (primary N) is 1. The van der Waals surface area contributed by atoms with Gasteiger partial charge in [-0.1, -0.05) is 0 Å². The normalized spacial score (nSPS) is 19.9. The molecular formula is C16H21N5O. The van der Waals surface area contributed by atoms with Crippen molar-refractivity contribution in [2.75, 3.05) is 6.54 Å². The van der Waals surface area contributed by atoms with E-state index in [0.717, 1.165) is 31.5 Å². The van der Waals surface area contributed by atoms with Crippen molar-refractivity contribution in [1.29, 1.82) is 0 Å². The maximum atomic E-state index is 12.7. The molecule has 1 amide bonds. The number of carbonyl (C=O) groups excluding carboxylic acids is 1. The maximum absolute atomic E-state index is 12.7. The number of benzene rings is 1. The molecule has 6 heteroatoms. The molecule has 116 valence electrons. The highest BCUT2D eigenvalue weighted by atomic mass is 16.2. The Bertz CT molecular complexity index is 620. The molecule has 1 aromatic heterocycles. The zero-order valence-corrected chi connectivity index (χ0v) is 12.7. The predicted molar refractivity (Wildman–Crippen MR) is 83.7 cm³/mol. The van der Waals surface area contributed by atoms with E-state index in [0.29, 0.717) is 5.56 Å². The van der Waals surface area contributed by atoms with Gasteiger partial charge in [-0.15, -0.1) is 0 Å². The van der Waals surface area contributed by atoms with Crippen LogP contribution in [-0.4, -0.2) is 44.2 Å². The molecule has 22 heavy (non-hydrogen) atoms. The van der Waals surface area contributed by atoms with Crippen LogP contribution in [0.4, 0.5) is 0 Å². The van der Waals surface area contributed by atoms with Crippen molar-refractivity contribution in [1.82, 2.24) is 19.7 Å². The Kier molecular flexibility index (Phi) is 4.20. The standard InChI is InChI=1S/C16H21N5O/c1-12(17)15-4-2-3-9-20(15)16(22)13-5-7-14(8-6-13)21-11-18-10-19-21/h5-8,10-12,15H,2-4,9,17H2,1H3/t12-,15-/m1/s1. The van der Waals surface area contributed by atoms with Crippen LogP contribution in [-0.2, 0) is 0 Å². The van der Waals surface area contributed by atoms with Gasteiger partial charge in [0.25, 0.3) is 5.91 Å². The lowest BCUT2D eigenvalue weighted by molar-refractivity contribution is 0.0584. The molecule has 0 aliphatic carbocycles. The molecule has 1 fully saturated rings. The fraction of sp³-hybridized carbons (Fsp3) is 0.438. The van der Waals surface area contributed by atoms with Gasteiger partial charge in [0.15, 0.2) is 0 Å². The lowest BCUT2D eigenvalue weighted by Crippen LogP contribution is -2.51. The average molecular weight is 299 g/mol. The lowest BCUT2D eigenvalue weighted by atomic mass is 9.96. The molecule has 0 unspecified atom stereocenters. The van der Waals surface area contributed by atoms with Gasteiger partial charge in [0.05, 0.1) is 5.69 Å². The Morgan fingerprint density at radius 3 is 2.73 bits per heavy atom. The van der Waals surface area contributed by atoms with Crippen molar-refractivity contribution in [3.8, 4) is 5.69 Å². The number of carbonyl (C=O) groups is 1. The van der Waals surface area contributed by atoms with Crippen LogP contribution in [0.1, 0.15) is 36.5 Å². The second-order valence-electron chi connectivity index (χ2n) is 5.81. The number of nitrogens with zero attached hydrogens (tertiary/aromatic N) is 4. The van der Waals surface area contributed by atoms with Crippen LogP contribution < -0.4 is 5.73 Å². The second kappa shape index (κ2) is 6.27. The SMILES string of the molecule is C[C@@H](N)[C@H]1CCCCN1C(=O)c1ccc(-n2cncn2)cc1. The minimum absolute atomic E-state index is 0.00123. The second-order valence-corrected chi connectivity index (χ2v) is 5.81. The minimum atomic E-state index is -0.00123. The molecule has 2 aromatic rings. The number of rotatable bonds is 3. The van der Waals surface area contributed by atoms with Gasteiger partial charge in [-0.05, 0) is 50.5 Å². The van der Waals surface area contributed by atoms with E-state index in [4.69, 9.17) is 5.73 Å². The van der Waals surface area contributed by atoms with Gasteiger partial charge in [-0.3, -0.25) is 4.79 Å². The van der Waals surface area contributed by atoms with Gasteiger partial charge in [-0.2, -0.15) is 5.10 Å². The summed E-state index contributed by atoms with van der Waals surface area (Å²) in [5, 5.41) is 4.08. The molecule has 1 aromatic carbocycles. The molecule has 0 spiro atoms. The summed E-state index contributed by atoms with van der Waals surface area (Å²) in [5.41, 5.74) is 7.63. The number of hydrogen-bond donors (Lipinski definition) is 1. The van der Waals surface area contributed by atoms with Crippen molar-refractivity contribution in [2.24, 2.45) is 5.73 Å². The molecule has 2 heterocycles. The molecule has 6 nitrogen and oxygen atoms in total. The number of amides is 1. The molecule has 3 rings (SSSR count). The van der Waals surface area contributed by atoms with E-state index in [2.05, 4.69) is 10.1 Å². The summed E-state index contributed by atoms with van der Waals surface area (Å²) in [6.45, 7) is 2.76. The van der Waals surface area contributed by atoms with Gasteiger partial charge >= 0.3 is 0 Å². The highest BCUT2D eigenvalue weighted by Gasteiger charge is 2.29. The Morgan fingerprint density at radius 1 is 1.32 bits per heavy atom. The van der Waals surface area contributed by atoms with Crippen molar-refractivity contribution in [3.63, 3.8) is 0 Å². The largest absolute Gasteiger partial charge is 0.334 e. The summed E-state index contributed by atoms with van der Waals surface area (Å²) in [5.74, 6) is 0.0622. The number of likely N-dealkylation sites (tertiary alicyclic amines) is 1. The molecule has 0 bridgehead atoms. The predicted octanol–water partition coefficient (Wildman–Crippen LogP) is 1.61. The lowest BCUT2D eigenvalue weighted by Gasteiger charge is -2.38. The topological polar surface area (TPSA) is 77.0 Å². The Morgan fingerprint density at radius 2 is 2.09 bits per heavy atom. The fourth-order valence-corrected chi connectivity index (χ4v) is 3.02. The smallest absolute Gasteiger partial charge is 0.254 e. The Hall–Kier alpha value is -2.21. The van der Waals surface area contributed by atoms with Gasteiger partial charge in [0.2, 0.25) is 0 Å². The third-order valence-electron chi connectivity index (χ3n) is 4.21. The third-order valence-corrected chi connectivity index (χ3v) is 4.21. The van der Waals surface area contributed by atoms with Gasteiger partial charge in [0, 0.05) is 24.2 Å². The van der Waals surface area contributed by atoms with Crippen LogP contribution in [0.3, 0.4) is 0 Å². The van der Waals surface area contributed by atoms with Crippen molar-refractivity contribution < 1.29 is 4.79 Å². The van der Waals surface area contributed by atoms with E-state index in [-0.39, 0.29) is 18.0 Å². The van der Waals surface area contributed by atoms with E-state index in [1.165, 1.54) is 6.33 Å². The highest BCUT2D eigenvalue weighted by Crippen LogP contribution is 2.22. The minimum Gasteiger partial charge on any atom is -0.334 e. The molecule has 2 atom stereocenters. The monoisotopic (exact) mass is 299 g/mol. The van der Waals surface area contributed by atoms with Crippen LogP contribution >= 0.6 is 0 Å². The van der Waals surface area contributed by atoms with Crippen molar-refractivity contribution in [3.05, 3.63) is 42.5 Å². The number of piperidine rings is 1. The number of aromatic nitrogens is 3. The van der Waals surface area contributed by atoms with E-state index >= 15 is 0 Å². The van der Waals surface area contributed by atoms with Crippen LogP contribution in [0, 0.1) is 0 Å². The fourth-order valence-electron chi connectivity index (χ4n) is 3.02. The van der Waals surface area contributed by atoms with E-state index in [1.807, 2.05) is 36.1 Å². The van der Waals surface area contributed by atoms with Crippen LogP contribution in [0.25, 0.3) is 5.69 Å². The molecule has 0 radical (unpaired) electrons. The quantitative estimate of drug-likeness (QED) is 0.934. The summed E-state index contributed by atoms with van der Waals surface area (Å²) in [4.78, 5) is 18.6.